The van der Waals surface area contributed by atoms with Crippen LogP contribution < -0.4 is 5.32 Å². The highest BCUT2D eigenvalue weighted by atomic mass is 16.3. The summed E-state index contributed by atoms with van der Waals surface area (Å²) in [6, 6.07) is 3.92. The van der Waals surface area contributed by atoms with Crippen molar-refractivity contribution in [3.05, 3.63) is 48.4 Å². The molecule has 6 nitrogen and oxygen atoms in total. The Hall–Kier alpha value is -2.21. The molecule has 1 saturated heterocycles. The third-order valence-corrected chi connectivity index (χ3v) is 3.95. The van der Waals surface area contributed by atoms with Gasteiger partial charge < -0.3 is 9.73 Å². The van der Waals surface area contributed by atoms with Crippen molar-refractivity contribution >= 4 is 5.91 Å². The van der Waals surface area contributed by atoms with E-state index >= 15 is 0 Å². The van der Waals surface area contributed by atoms with Gasteiger partial charge in [-0.1, -0.05) is 6.42 Å². The minimum absolute atomic E-state index is 0.0657. The topological polar surface area (TPSA) is 71.3 Å². The number of rotatable bonds is 5. The molecule has 0 unspecified atom stereocenters. The van der Waals surface area contributed by atoms with Gasteiger partial charge in [-0.3, -0.25) is 14.7 Å². The highest BCUT2D eigenvalue weighted by Gasteiger charge is 2.25. The molecule has 1 aliphatic rings. The zero-order valence-electron chi connectivity index (χ0n) is 12.4. The molecule has 0 bridgehead atoms. The van der Waals surface area contributed by atoms with Gasteiger partial charge in [-0.15, -0.1) is 0 Å². The van der Waals surface area contributed by atoms with Gasteiger partial charge >= 0.3 is 0 Å². The fraction of sp³-hybridized carbons (Fsp3) is 0.438. The molecule has 0 aromatic carbocycles. The van der Waals surface area contributed by atoms with Crippen LogP contribution in [0.4, 0.5) is 0 Å². The number of likely N-dealkylation sites (tertiary alicyclic amines) is 1. The SMILES string of the molecule is O=C(NC[C@@H](c1ccco1)N1CCCCC1)c1cnccn1. The molecule has 116 valence electrons. The largest absolute Gasteiger partial charge is 0.468 e. The molecule has 6 heteroatoms. The first kappa shape index (κ1) is 14.7. The molecule has 0 saturated carbocycles. The molecule has 2 aromatic rings. The quantitative estimate of drug-likeness (QED) is 0.914. The predicted molar refractivity (Wildman–Crippen MR) is 81.2 cm³/mol. The molecule has 3 heterocycles. The number of nitrogens with one attached hydrogen (secondary N) is 1. The Morgan fingerprint density at radius 3 is 2.86 bits per heavy atom. The van der Waals surface area contributed by atoms with Crippen molar-refractivity contribution in [3.63, 3.8) is 0 Å². The van der Waals surface area contributed by atoms with Gasteiger partial charge in [-0.2, -0.15) is 0 Å². The summed E-state index contributed by atoms with van der Waals surface area (Å²) in [5.74, 6) is 0.683. The Morgan fingerprint density at radius 2 is 2.18 bits per heavy atom. The number of hydrogen-bond acceptors (Lipinski definition) is 5. The minimum Gasteiger partial charge on any atom is -0.468 e. The zero-order chi connectivity index (χ0) is 15.2. The summed E-state index contributed by atoms with van der Waals surface area (Å²) in [7, 11) is 0. The molecule has 3 rings (SSSR count). The molecule has 1 fully saturated rings. The van der Waals surface area contributed by atoms with E-state index in [1.807, 2.05) is 12.1 Å². The molecule has 1 N–H and O–H groups in total. The second-order valence-electron chi connectivity index (χ2n) is 5.43. The maximum absolute atomic E-state index is 12.1. The molecule has 0 aliphatic carbocycles. The number of hydrogen-bond donors (Lipinski definition) is 1. The number of carbonyl (C=O) groups is 1. The number of amides is 1. The predicted octanol–water partition coefficient (Wildman–Crippen LogP) is 2.03. The van der Waals surface area contributed by atoms with Crippen LogP contribution in [0.2, 0.25) is 0 Å². The van der Waals surface area contributed by atoms with Gasteiger partial charge in [-0.05, 0) is 38.1 Å². The van der Waals surface area contributed by atoms with E-state index in [9.17, 15) is 4.79 Å². The summed E-state index contributed by atoms with van der Waals surface area (Å²) in [4.78, 5) is 22.5. The number of aromatic nitrogens is 2. The molecule has 1 amide bonds. The van der Waals surface area contributed by atoms with E-state index in [1.54, 1.807) is 12.5 Å². The van der Waals surface area contributed by atoms with Crippen LogP contribution in [0.3, 0.4) is 0 Å². The first-order chi connectivity index (χ1) is 10.8. The highest BCUT2D eigenvalue weighted by Crippen LogP contribution is 2.24. The first-order valence-electron chi connectivity index (χ1n) is 7.66. The van der Waals surface area contributed by atoms with Crippen LogP contribution in [0, 0.1) is 0 Å². The second-order valence-corrected chi connectivity index (χ2v) is 5.43. The van der Waals surface area contributed by atoms with E-state index in [4.69, 9.17) is 4.42 Å². The average molecular weight is 300 g/mol. The fourth-order valence-electron chi connectivity index (χ4n) is 2.82. The van der Waals surface area contributed by atoms with Gasteiger partial charge in [-0.25, -0.2) is 4.98 Å². The van der Waals surface area contributed by atoms with Crippen molar-refractivity contribution in [2.75, 3.05) is 19.6 Å². The maximum Gasteiger partial charge on any atom is 0.271 e. The van der Waals surface area contributed by atoms with E-state index in [-0.39, 0.29) is 11.9 Å². The van der Waals surface area contributed by atoms with Crippen molar-refractivity contribution in [1.29, 1.82) is 0 Å². The summed E-state index contributed by atoms with van der Waals surface area (Å²) in [5.41, 5.74) is 0.333. The number of nitrogens with zero attached hydrogens (tertiary/aromatic N) is 3. The van der Waals surface area contributed by atoms with Crippen LogP contribution in [0.1, 0.15) is 41.6 Å². The second kappa shape index (κ2) is 7.17. The summed E-state index contributed by atoms with van der Waals surface area (Å²) in [6.07, 6.45) is 9.87. The Kier molecular flexibility index (Phi) is 4.80. The summed E-state index contributed by atoms with van der Waals surface area (Å²) < 4.78 is 5.57. The van der Waals surface area contributed by atoms with E-state index < -0.39 is 0 Å². The van der Waals surface area contributed by atoms with Crippen LogP contribution in [0.5, 0.6) is 0 Å². The van der Waals surface area contributed by atoms with Gasteiger partial charge in [0, 0.05) is 18.9 Å². The number of piperidine rings is 1. The van der Waals surface area contributed by atoms with Crippen molar-refractivity contribution < 1.29 is 9.21 Å². The smallest absolute Gasteiger partial charge is 0.271 e. The Morgan fingerprint density at radius 1 is 1.32 bits per heavy atom. The standard InChI is InChI=1S/C16H20N4O2/c21-16(13-11-17-6-7-18-13)19-12-14(15-5-4-10-22-15)20-8-2-1-3-9-20/h4-7,10-11,14H,1-3,8-9,12H2,(H,19,21)/t14-/m0/s1. The molecule has 2 aromatic heterocycles. The maximum atomic E-state index is 12.1. The summed E-state index contributed by atoms with van der Waals surface area (Å²) >= 11 is 0. The van der Waals surface area contributed by atoms with Crippen LogP contribution >= 0.6 is 0 Å². The zero-order valence-corrected chi connectivity index (χ0v) is 12.4. The number of carbonyl (C=O) groups excluding carboxylic acids is 1. The van der Waals surface area contributed by atoms with Gasteiger partial charge in [0.15, 0.2) is 0 Å². The Balaban J connectivity index is 1.66. The monoisotopic (exact) mass is 300 g/mol. The van der Waals surface area contributed by atoms with Crippen molar-refractivity contribution in [2.45, 2.75) is 25.3 Å². The van der Waals surface area contributed by atoms with Crippen molar-refractivity contribution in [3.8, 4) is 0 Å². The molecule has 0 radical (unpaired) electrons. The van der Waals surface area contributed by atoms with Gasteiger partial charge in [0.05, 0.1) is 18.5 Å². The molecule has 1 aliphatic heterocycles. The third kappa shape index (κ3) is 3.51. The Bertz CT molecular complexity index is 579. The van der Waals surface area contributed by atoms with Crippen LogP contribution in [-0.4, -0.2) is 40.4 Å². The van der Waals surface area contributed by atoms with Gasteiger partial charge in [0.25, 0.3) is 5.91 Å². The molecular formula is C16H20N4O2. The molecule has 0 spiro atoms. The molecular weight excluding hydrogens is 280 g/mol. The lowest BCUT2D eigenvalue weighted by Gasteiger charge is -2.33. The summed E-state index contributed by atoms with van der Waals surface area (Å²) in [6.45, 7) is 2.57. The van der Waals surface area contributed by atoms with E-state index in [0.717, 1.165) is 18.8 Å². The summed E-state index contributed by atoms with van der Waals surface area (Å²) in [5, 5.41) is 2.94. The number of furan rings is 1. The fourth-order valence-corrected chi connectivity index (χ4v) is 2.82. The molecule has 22 heavy (non-hydrogen) atoms. The normalized spacial score (nSPS) is 17.1. The van der Waals surface area contributed by atoms with Crippen molar-refractivity contribution in [2.24, 2.45) is 0 Å². The van der Waals surface area contributed by atoms with Crippen molar-refractivity contribution in [1.82, 2.24) is 20.2 Å². The van der Waals surface area contributed by atoms with E-state index in [2.05, 4.69) is 20.2 Å². The first-order valence-corrected chi connectivity index (χ1v) is 7.66. The minimum atomic E-state index is -0.207. The lowest BCUT2D eigenvalue weighted by molar-refractivity contribution is 0.0909. The van der Waals surface area contributed by atoms with Crippen LogP contribution in [0.25, 0.3) is 0 Å². The van der Waals surface area contributed by atoms with Crippen LogP contribution in [-0.2, 0) is 0 Å². The lowest BCUT2D eigenvalue weighted by atomic mass is 10.1. The average Bonchev–Trinajstić information content (AvgIpc) is 3.11. The molecule has 1 atom stereocenters. The van der Waals surface area contributed by atoms with E-state index in [0.29, 0.717) is 12.2 Å². The van der Waals surface area contributed by atoms with Gasteiger partial charge in [0.1, 0.15) is 11.5 Å². The third-order valence-electron chi connectivity index (χ3n) is 3.95. The lowest BCUT2D eigenvalue weighted by Crippen LogP contribution is -2.40. The highest BCUT2D eigenvalue weighted by molar-refractivity contribution is 5.91. The van der Waals surface area contributed by atoms with E-state index in [1.165, 1.54) is 31.7 Å². The Labute approximate surface area is 129 Å². The van der Waals surface area contributed by atoms with Gasteiger partial charge in [0.2, 0.25) is 0 Å². The van der Waals surface area contributed by atoms with Crippen LogP contribution in [0.15, 0.2) is 41.4 Å².